The summed E-state index contributed by atoms with van der Waals surface area (Å²) in [5, 5.41) is 7.33. The Morgan fingerprint density at radius 2 is 1.86 bits per heavy atom. The Labute approximate surface area is 167 Å². The number of nitrogens with zero attached hydrogens (tertiary/aromatic N) is 2. The summed E-state index contributed by atoms with van der Waals surface area (Å²) in [4.78, 5) is 19.4. The summed E-state index contributed by atoms with van der Waals surface area (Å²) in [5.74, 6) is 0.913. The summed E-state index contributed by atoms with van der Waals surface area (Å²) in [5.41, 5.74) is 2.21. The SMILES string of the molecule is O=C(NCCc1cccc2cccnc12)NC1CCN(CC2CCCC2)CC1. The Morgan fingerprint density at radius 3 is 2.68 bits per heavy atom. The molecule has 150 valence electrons. The number of hydrogen-bond donors (Lipinski definition) is 2. The summed E-state index contributed by atoms with van der Waals surface area (Å²) in [6.45, 7) is 4.12. The van der Waals surface area contributed by atoms with Gasteiger partial charge in [0.1, 0.15) is 0 Å². The lowest BCUT2D eigenvalue weighted by atomic mass is 10.0. The number of pyridine rings is 1. The van der Waals surface area contributed by atoms with E-state index in [0.29, 0.717) is 12.6 Å². The minimum atomic E-state index is -0.0394. The van der Waals surface area contributed by atoms with Crippen LogP contribution in [0.2, 0.25) is 0 Å². The third kappa shape index (κ3) is 5.02. The number of aromatic nitrogens is 1. The zero-order valence-corrected chi connectivity index (χ0v) is 16.7. The number of benzene rings is 1. The van der Waals surface area contributed by atoms with E-state index in [0.717, 1.165) is 49.2 Å². The lowest BCUT2D eigenvalue weighted by molar-refractivity contribution is 0.171. The summed E-state index contributed by atoms with van der Waals surface area (Å²) >= 11 is 0. The first kappa shape index (κ1) is 19.2. The maximum atomic E-state index is 12.3. The first-order valence-electron chi connectivity index (χ1n) is 10.9. The van der Waals surface area contributed by atoms with Crippen LogP contribution in [0.4, 0.5) is 4.79 Å². The fraction of sp³-hybridized carbons (Fsp3) is 0.565. The zero-order chi connectivity index (χ0) is 19.2. The van der Waals surface area contributed by atoms with Crippen molar-refractivity contribution >= 4 is 16.9 Å². The molecule has 0 atom stereocenters. The second-order valence-electron chi connectivity index (χ2n) is 8.37. The van der Waals surface area contributed by atoms with Gasteiger partial charge in [-0.3, -0.25) is 4.98 Å². The average Bonchev–Trinajstić information content (AvgIpc) is 3.23. The Bertz CT molecular complexity index is 774. The molecule has 2 N–H and O–H groups in total. The molecule has 5 nitrogen and oxygen atoms in total. The quantitative estimate of drug-likeness (QED) is 0.803. The van der Waals surface area contributed by atoms with Gasteiger partial charge in [-0.2, -0.15) is 0 Å². The van der Waals surface area contributed by atoms with Crippen LogP contribution in [0, 0.1) is 5.92 Å². The molecular formula is C23H32N4O. The van der Waals surface area contributed by atoms with Crippen LogP contribution in [-0.2, 0) is 6.42 Å². The van der Waals surface area contributed by atoms with Gasteiger partial charge in [0.05, 0.1) is 5.52 Å². The van der Waals surface area contributed by atoms with E-state index in [-0.39, 0.29) is 6.03 Å². The van der Waals surface area contributed by atoms with E-state index in [2.05, 4.69) is 44.8 Å². The van der Waals surface area contributed by atoms with Crippen LogP contribution in [0.1, 0.15) is 44.1 Å². The smallest absolute Gasteiger partial charge is 0.315 e. The van der Waals surface area contributed by atoms with Crippen molar-refractivity contribution in [1.82, 2.24) is 20.5 Å². The average molecular weight is 381 g/mol. The summed E-state index contributed by atoms with van der Waals surface area (Å²) in [7, 11) is 0. The Balaban J connectivity index is 1.17. The molecule has 1 aliphatic heterocycles. The van der Waals surface area contributed by atoms with E-state index >= 15 is 0 Å². The lowest BCUT2D eigenvalue weighted by Crippen LogP contribution is -2.48. The summed E-state index contributed by atoms with van der Waals surface area (Å²) in [6, 6.07) is 10.5. The van der Waals surface area contributed by atoms with Gasteiger partial charge in [0.15, 0.2) is 0 Å². The Kier molecular flexibility index (Phi) is 6.42. The third-order valence-corrected chi connectivity index (χ3v) is 6.31. The fourth-order valence-electron chi connectivity index (χ4n) is 4.73. The molecule has 1 saturated carbocycles. The molecule has 0 unspecified atom stereocenters. The van der Waals surface area contributed by atoms with Gasteiger partial charge in [-0.25, -0.2) is 4.79 Å². The highest BCUT2D eigenvalue weighted by Gasteiger charge is 2.24. The summed E-state index contributed by atoms with van der Waals surface area (Å²) in [6.07, 6.45) is 10.4. The highest BCUT2D eigenvalue weighted by atomic mass is 16.2. The standard InChI is InChI=1S/C23H32N4O/c28-23(25-14-10-20-8-3-7-19-9-4-13-24-22(19)20)26-21-11-15-27(16-12-21)17-18-5-1-2-6-18/h3-4,7-9,13,18,21H,1-2,5-6,10-12,14-17H2,(H2,25,26,28). The molecule has 2 heterocycles. The van der Waals surface area contributed by atoms with Crippen LogP contribution < -0.4 is 10.6 Å². The van der Waals surface area contributed by atoms with E-state index in [1.807, 2.05) is 12.3 Å². The number of para-hydroxylation sites is 1. The minimum Gasteiger partial charge on any atom is -0.338 e. The van der Waals surface area contributed by atoms with Crippen molar-refractivity contribution in [2.24, 2.45) is 5.92 Å². The number of carbonyl (C=O) groups is 1. The molecule has 1 aromatic carbocycles. The van der Waals surface area contributed by atoms with Crippen molar-refractivity contribution in [1.29, 1.82) is 0 Å². The monoisotopic (exact) mass is 380 g/mol. The third-order valence-electron chi connectivity index (χ3n) is 6.31. The highest BCUT2D eigenvalue weighted by Crippen LogP contribution is 2.26. The molecule has 4 rings (SSSR count). The predicted octanol–water partition coefficient (Wildman–Crippen LogP) is 3.73. The molecule has 2 aliphatic rings. The maximum Gasteiger partial charge on any atom is 0.315 e. The van der Waals surface area contributed by atoms with E-state index in [9.17, 15) is 4.79 Å². The number of hydrogen-bond acceptors (Lipinski definition) is 3. The van der Waals surface area contributed by atoms with Crippen molar-refractivity contribution < 1.29 is 4.79 Å². The number of rotatable bonds is 6. The molecule has 2 fully saturated rings. The van der Waals surface area contributed by atoms with Gasteiger partial charge >= 0.3 is 6.03 Å². The van der Waals surface area contributed by atoms with Gasteiger partial charge in [-0.1, -0.05) is 37.1 Å². The van der Waals surface area contributed by atoms with Gasteiger partial charge in [0.25, 0.3) is 0 Å². The summed E-state index contributed by atoms with van der Waals surface area (Å²) < 4.78 is 0. The number of carbonyl (C=O) groups excluding carboxylic acids is 1. The van der Waals surface area contributed by atoms with Crippen LogP contribution in [0.25, 0.3) is 10.9 Å². The van der Waals surface area contributed by atoms with Crippen LogP contribution in [0.3, 0.4) is 0 Å². The van der Waals surface area contributed by atoms with Gasteiger partial charge in [0.2, 0.25) is 0 Å². The van der Waals surface area contributed by atoms with E-state index < -0.39 is 0 Å². The lowest BCUT2D eigenvalue weighted by Gasteiger charge is -2.33. The van der Waals surface area contributed by atoms with Crippen LogP contribution in [-0.4, -0.2) is 48.1 Å². The number of likely N-dealkylation sites (tertiary alicyclic amines) is 1. The first-order chi connectivity index (χ1) is 13.8. The largest absolute Gasteiger partial charge is 0.338 e. The second kappa shape index (κ2) is 9.37. The van der Waals surface area contributed by atoms with Crippen molar-refractivity contribution in [3.63, 3.8) is 0 Å². The normalized spacial score (nSPS) is 19.1. The van der Waals surface area contributed by atoms with Crippen molar-refractivity contribution in [2.45, 2.75) is 51.0 Å². The second-order valence-corrected chi connectivity index (χ2v) is 8.37. The molecule has 2 amide bonds. The number of piperidine rings is 1. The molecule has 0 spiro atoms. The molecule has 28 heavy (non-hydrogen) atoms. The van der Waals surface area contributed by atoms with E-state index in [1.165, 1.54) is 37.8 Å². The van der Waals surface area contributed by atoms with Crippen LogP contribution in [0.15, 0.2) is 36.5 Å². The van der Waals surface area contributed by atoms with Gasteiger partial charge in [0, 0.05) is 43.8 Å². The first-order valence-corrected chi connectivity index (χ1v) is 10.9. The van der Waals surface area contributed by atoms with Gasteiger partial charge < -0.3 is 15.5 Å². The van der Waals surface area contributed by atoms with Gasteiger partial charge in [-0.05, 0) is 49.7 Å². The molecule has 1 saturated heterocycles. The van der Waals surface area contributed by atoms with Gasteiger partial charge in [-0.15, -0.1) is 0 Å². The molecule has 1 aliphatic carbocycles. The zero-order valence-electron chi connectivity index (χ0n) is 16.7. The predicted molar refractivity (Wildman–Crippen MR) is 113 cm³/mol. The molecular weight excluding hydrogens is 348 g/mol. The molecule has 0 radical (unpaired) electrons. The topological polar surface area (TPSA) is 57.3 Å². The molecule has 1 aromatic heterocycles. The molecule has 5 heteroatoms. The number of nitrogens with one attached hydrogen (secondary N) is 2. The van der Waals surface area contributed by atoms with E-state index in [1.54, 1.807) is 0 Å². The van der Waals surface area contributed by atoms with Crippen LogP contribution in [0.5, 0.6) is 0 Å². The van der Waals surface area contributed by atoms with Crippen molar-refractivity contribution in [2.75, 3.05) is 26.2 Å². The van der Waals surface area contributed by atoms with Crippen molar-refractivity contribution in [3.8, 4) is 0 Å². The number of fused-ring (bicyclic) bond motifs is 1. The Morgan fingerprint density at radius 1 is 1.07 bits per heavy atom. The Hall–Kier alpha value is -2.14. The van der Waals surface area contributed by atoms with E-state index in [4.69, 9.17) is 0 Å². The minimum absolute atomic E-state index is 0.0394. The fourth-order valence-corrected chi connectivity index (χ4v) is 4.73. The highest BCUT2D eigenvalue weighted by molar-refractivity contribution is 5.81. The molecule has 2 aromatic rings. The maximum absolute atomic E-state index is 12.3. The molecule has 0 bridgehead atoms. The number of urea groups is 1. The van der Waals surface area contributed by atoms with Crippen LogP contribution >= 0.6 is 0 Å². The van der Waals surface area contributed by atoms with Crippen molar-refractivity contribution in [3.05, 3.63) is 42.1 Å². The number of amides is 2.